The summed E-state index contributed by atoms with van der Waals surface area (Å²) >= 11 is 0. The van der Waals surface area contributed by atoms with Gasteiger partial charge in [0, 0.05) is 25.4 Å². The number of piperidine rings is 1. The zero-order valence-electron chi connectivity index (χ0n) is 9.02. The summed E-state index contributed by atoms with van der Waals surface area (Å²) < 4.78 is 11.1. The molecule has 1 unspecified atom stereocenters. The lowest BCUT2D eigenvalue weighted by molar-refractivity contribution is -0.0998. The fraction of sp³-hybridized carbons (Fsp3) is 0.909. The normalized spacial score (nSPS) is 29.1. The molecule has 0 radical (unpaired) electrons. The molecule has 2 fully saturated rings. The van der Waals surface area contributed by atoms with E-state index in [2.05, 4.69) is 11.0 Å². The third-order valence-corrected chi connectivity index (χ3v) is 3.11. The maximum atomic E-state index is 8.55. The van der Waals surface area contributed by atoms with Crippen LogP contribution in [0.4, 0.5) is 0 Å². The Hall–Kier alpha value is -0.630. The molecular formula is C11H18N2O2. The average Bonchev–Trinajstić information content (AvgIpc) is 2.80. The Bertz CT molecular complexity index is 233. The van der Waals surface area contributed by atoms with Gasteiger partial charge in [-0.05, 0) is 19.4 Å². The average molecular weight is 210 g/mol. The third-order valence-electron chi connectivity index (χ3n) is 3.11. The second-order valence-corrected chi connectivity index (χ2v) is 4.22. The van der Waals surface area contributed by atoms with Gasteiger partial charge in [0.25, 0.3) is 0 Å². The molecule has 1 atom stereocenters. The monoisotopic (exact) mass is 210 g/mol. The van der Waals surface area contributed by atoms with Gasteiger partial charge in [-0.25, -0.2) is 0 Å². The molecule has 4 nitrogen and oxygen atoms in total. The highest BCUT2D eigenvalue weighted by molar-refractivity contribution is 4.79. The van der Waals surface area contributed by atoms with Gasteiger partial charge >= 0.3 is 0 Å². The van der Waals surface area contributed by atoms with Crippen molar-refractivity contribution in [3.8, 4) is 6.07 Å². The Balaban J connectivity index is 1.78. The lowest BCUT2D eigenvalue weighted by Crippen LogP contribution is -2.41. The van der Waals surface area contributed by atoms with Crippen molar-refractivity contribution in [1.82, 2.24) is 4.90 Å². The van der Waals surface area contributed by atoms with Crippen molar-refractivity contribution < 1.29 is 9.47 Å². The third kappa shape index (κ3) is 2.91. The van der Waals surface area contributed by atoms with Gasteiger partial charge in [-0.3, -0.25) is 0 Å². The summed E-state index contributed by atoms with van der Waals surface area (Å²) in [5.74, 6) is 0.500. The first-order valence-electron chi connectivity index (χ1n) is 5.72. The first-order chi connectivity index (χ1) is 7.40. The van der Waals surface area contributed by atoms with Crippen LogP contribution >= 0.6 is 0 Å². The molecule has 0 amide bonds. The SMILES string of the molecule is N#CCCN1CCCC(C2OCCO2)C1. The molecule has 2 aliphatic heterocycles. The number of nitrogens with zero attached hydrogens (tertiary/aromatic N) is 2. The van der Waals surface area contributed by atoms with Gasteiger partial charge < -0.3 is 14.4 Å². The molecule has 15 heavy (non-hydrogen) atoms. The first-order valence-corrected chi connectivity index (χ1v) is 5.72. The summed E-state index contributed by atoms with van der Waals surface area (Å²) in [5.41, 5.74) is 0. The quantitative estimate of drug-likeness (QED) is 0.696. The highest BCUT2D eigenvalue weighted by Crippen LogP contribution is 2.24. The minimum Gasteiger partial charge on any atom is -0.350 e. The van der Waals surface area contributed by atoms with Gasteiger partial charge in [0.1, 0.15) is 0 Å². The number of nitriles is 1. The van der Waals surface area contributed by atoms with Crippen LogP contribution in [0, 0.1) is 17.2 Å². The van der Waals surface area contributed by atoms with Crippen molar-refractivity contribution in [2.45, 2.75) is 25.6 Å². The van der Waals surface area contributed by atoms with E-state index in [1.54, 1.807) is 0 Å². The van der Waals surface area contributed by atoms with Crippen LogP contribution in [0.1, 0.15) is 19.3 Å². The van der Waals surface area contributed by atoms with E-state index in [9.17, 15) is 0 Å². The summed E-state index contributed by atoms with van der Waals surface area (Å²) in [6.45, 7) is 4.50. The van der Waals surface area contributed by atoms with Crippen LogP contribution in [-0.4, -0.2) is 44.0 Å². The van der Waals surface area contributed by atoms with Crippen molar-refractivity contribution in [3.05, 3.63) is 0 Å². The standard InChI is InChI=1S/C11H18N2O2/c12-4-2-6-13-5-1-3-10(9-13)11-14-7-8-15-11/h10-11H,1-3,5-9H2. The summed E-state index contributed by atoms with van der Waals surface area (Å²) in [6, 6.07) is 2.20. The molecule has 4 heteroatoms. The van der Waals surface area contributed by atoms with E-state index in [-0.39, 0.29) is 6.29 Å². The highest BCUT2D eigenvalue weighted by atomic mass is 16.7. The van der Waals surface area contributed by atoms with Gasteiger partial charge in [0.15, 0.2) is 6.29 Å². The number of hydrogen-bond acceptors (Lipinski definition) is 4. The first kappa shape index (κ1) is 10.9. The Morgan fingerprint density at radius 1 is 1.33 bits per heavy atom. The van der Waals surface area contributed by atoms with Crippen LogP contribution < -0.4 is 0 Å². The highest BCUT2D eigenvalue weighted by Gasteiger charge is 2.30. The summed E-state index contributed by atoms with van der Waals surface area (Å²) in [4.78, 5) is 2.35. The van der Waals surface area contributed by atoms with Crippen molar-refractivity contribution in [3.63, 3.8) is 0 Å². The summed E-state index contributed by atoms with van der Waals surface area (Å²) in [7, 11) is 0. The molecule has 84 valence electrons. The maximum Gasteiger partial charge on any atom is 0.161 e. The molecule has 0 saturated carbocycles. The Labute approximate surface area is 90.8 Å². The van der Waals surface area contributed by atoms with Crippen molar-refractivity contribution >= 4 is 0 Å². The fourth-order valence-corrected chi connectivity index (χ4v) is 2.37. The topological polar surface area (TPSA) is 45.5 Å². The van der Waals surface area contributed by atoms with Gasteiger partial charge in [-0.2, -0.15) is 5.26 Å². The molecule has 0 aliphatic carbocycles. The van der Waals surface area contributed by atoms with Crippen LogP contribution in [0.3, 0.4) is 0 Å². The van der Waals surface area contributed by atoms with E-state index in [1.807, 2.05) is 0 Å². The number of rotatable bonds is 3. The van der Waals surface area contributed by atoms with Crippen LogP contribution in [0.5, 0.6) is 0 Å². The van der Waals surface area contributed by atoms with E-state index in [0.29, 0.717) is 12.3 Å². The Morgan fingerprint density at radius 3 is 2.87 bits per heavy atom. The second-order valence-electron chi connectivity index (χ2n) is 4.22. The van der Waals surface area contributed by atoms with Crippen LogP contribution in [0.2, 0.25) is 0 Å². The molecule has 2 heterocycles. The van der Waals surface area contributed by atoms with Crippen LogP contribution in [0.25, 0.3) is 0 Å². The lowest BCUT2D eigenvalue weighted by atomic mass is 9.97. The largest absolute Gasteiger partial charge is 0.350 e. The molecule has 2 aliphatic rings. The van der Waals surface area contributed by atoms with E-state index in [4.69, 9.17) is 14.7 Å². The fourth-order valence-electron chi connectivity index (χ4n) is 2.37. The number of likely N-dealkylation sites (tertiary alicyclic amines) is 1. The predicted octanol–water partition coefficient (Wildman–Crippen LogP) is 0.985. The van der Waals surface area contributed by atoms with E-state index < -0.39 is 0 Å². The summed E-state index contributed by atoms with van der Waals surface area (Å²) in [6.07, 6.45) is 3.02. The molecule has 0 aromatic heterocycles. The molecule has 0 spiro atoms. The second kappa shape index (κ2) is 5.45. The van der Waals surface area contributed by atoms with Gasteiger partial charge in [-0.15, -0.1) is 0 Å². The van der Waals surface area contributed by atoms with E-state index in [1.165, 1.54) is 12.8 Å². The molecule has 2 rings (SSSR count). The minimum atomic E-state index is 0.00915. The summed E-state index contributed by atoms with van der Waals surface area (Å²) in [5, 5.41) is 8.55. The molecule has 0 N–H and O–H groups in total. The van der Waals surface area contributed by atoms with Crippen LogP contribution in [0.15, 0.2) is 0 Å². The molecule has 2 saturated heterocycles. The van der Waals surface area contributed by atoms with Crippen molar-refractivity contribution in [2.75, 3.05) is 32.8 Å². The maximum absolute atomic E-state index is 8.55. The van der Waals surface area contributed by atoms with Gasteiger partial charge in [0.2, 0.25) is 0 Å². The lowest BCUT2D eigenvalue weighted by Gasteiger charge is -2.34. The van der Waals surface area contributed by atoms with E-state index in [0.717, 1.165) is 32.8 Å². The molecule has 0 bridgehead atoms. The zero-order chi connectivity index (χ0) is 10.5. The van der Waals surface area contributed by atoms with Gasteiger partial charge in [-0.1, -0.05) is 0 Å². The van der Waals surface area contributed by atoms with Crippen LogP contribution in [-0.2, 0) is 9.47 Å². The van der Waals surface area contributed by atoms with Crippen molar-refractivity contribution in [1.29, 1.82) is 5.26 Å². The number of ether oxygens (including phenoxy) is 2. The van der Waals surface area contributed by atoms with Gasteiger partial charge in [0.05, 0.1) is 19.3 Å². The van der Waals surface area contributed by atoms with E-state index >= 15 is 0 Å². The molecular weight excluding hydrogens is 192 g/mol. The Kier molecular flexibility index (Phi) is 3.95. The zero-order valence-corrected chi connectivity index (χ0v) is 9.02. The molecule has 0 aromatic carbocycles. The smallest absolute Gasteiger partial charge is 0.161 e. The Morgan fingerprint density at radius 2 is 2.13 bits per heavy atom. The predicted molar refractivity (Wildman–Crippen MR) is 55.1 cm³/mol. The molecule has 0 aromatic rings. The minimum absolute atomic E-state index is 0.00915. The van der Waals surface area contributed by atoms with Crippen molar-refractivity contribution in [2.24, 2.45) is 5.92 Å². The number of hydrogen-bond donors (Lipinski definition) is 0.